The predicted molar refractivity (Wildman–Crippen MR) is 40.1 cm³/mol. The van der Waals surface area contributed by atoms with Crippen LogP contribution >= 0.6 is 0 Å². The fourth-order valence-electron chi connectivity index (χ4n) is 0. The van der Waals surface area contributed by atoms with Crippen molar-refractivity contribution < 1.29 is 60.7 Å². The van der Waals surface area contributed by atoms with E-state index in [1.54, 1.807) is 0 Å². The molecule has 0 atom stereocenters. The molecular formula is C4H12N4O8Pt. The second-order valence-corrected chi connectivity index (χ2v) is 1.15. The number of carbonyl (C=O) groups excluding carboxylic acids is 4. The van der Waals surface area contributed by atoms with Gasteiger partial charge >= 0.3 is 21.1 Å². The van der Waals surface area contributed by atoms with Gasteiger partial charge in [-0.25, -0.2) is 0 Å². The minimum absolute atomic E-state index is 0. The van der Waals surface area contributed by atoms with Gasteiger partial charge in [-0.2, -0.15) is 0 Å². The smallest absolute Gasteiger partial charge is 0.543 e. The second kappa shape index (κ2) is 23.9. The Morgan fingerprint density at radius 3 is 0.529 bits per heavy atom. The van der Waals surface area contributed by atoms with Crippen molar-refractivity contribution >= 4 is 23.9 Å². The molecule has 0 aromatic carbocycles. The maximum absolute atomic E-state index is 8.93. The molecule has 0 bridgehead atoms. The zero-order valence-corrected chi connectivity index (χ0v) is 10.7. The Bertz CT molecular complexity index is 186. The summed E-state index contributed by atoms with van der Waals surface area (Å²) in [5.74, 6) is -8.74. The Kier molecular flexibility index (Phi) is 63.6. The van der Waals surface area contributed by atoms with Crippen molar-refractivity contribution in [3.8, 4) is 0 Å². The van der Waals surface area contributed by atoms with E-state index in [9.17, 15) is 0 Å². The van der Waals surface area contributed by atoms with Crippen LogP contribution in [-0.4, -0.2) is 23.9 Å². The van der Waals surface area contributed by atoms with Crippen molar-refractivity contribution in [2.75, 3.05) is 0 Å². The van der Waals surface area contributed by atoms with Gasteiger partial charge in [-0.3, -0.25) is 0 Å². The molecule has 13 heteroatoms. The normalized spacial score (nSPS) is 5.18. The summed E-state index contributed by atoms with van der Waals surface area (Å²) in [6.07, 6.45) is 0. The quantitative estimate of drug-likeness (QED) is 0.256. The van der Waals surface area contributed by atoms with Crippen molar-refractivity contribution in [2.45, 2.75) is 0 Å². The summed E-state index contributed by atoms with van der Waals surface area (Å²) >= 11 is 0. The number of aliphatic carboxylic acids is 4. The zero-order chi connectivity index (χ0) is 10.3. The zero-order valence-electron chi connectivity index (χ0n) is 8.41. The van der Waals surface area contributed by atoms with Crippen LogP contribution in [0.3, 0.4) is 0 Å². The maximum Gasteiger partial charge on any atom is 4.00 e. The van der Waals surface area contributed by atoms with Gasteiger partial charge in [0.15, 0.2) is 0 Å². The molecule has 0 unspecified atom stereocenters. The van der Waals surface area contributed by atoms with Gasteiger partial charge < -0.3 is 64.2 Å². The van der Waals surface area contributed by atoms with E-state index in [-0.39, 0.29) is 45.7 Å². The fourth-order valence-corrected chi connectivity index (χ4v) is 0. The molecule has 0 radical (unpaired) electrons. The van der Waals surface area contributed by atoms with Gasteiger partial charge in [0.1, 0.15) is 0 Å². The third-order valence-electron chi connectivity index (χ3n) is 0.333. The largest absolute Gasteiger partial charge is 4.00 e. The molecule has 12 N–H and O–H groups in total. The van der Waals surface area contributed by atoms with Crippen LogP contribution in [0.4, 0.5) is 0 Å². The van der Waals surface area contributed by atoms with Gasteiger partial charge in [-0.05, 0) is 0 Å². The first-order valence-electron chi connectivity index (χ1n) is 2.13. The van der Waals surface area contributed by atoms with E-state index in [1.807, 2.05) is 0 Å². The second-order valence-electron chi connectivity index (χ2n) is 1.15. The Hall–Kier alpha value is -1.59. The van der Waals surface area contributed by atoms with Gasteiger partial charge in [-0.1, -0.05) is 0 Å². The molecule has 0 rings (SSSR count). The summed E-state index contributed by atoms with van der Waals surface area (Å²) in [7, 11) is 0. The van der Waals surface area contributed by atoms with Gasteiger partial charge in [0.2, 0.25) is 0 Å². The average Bonchev–Trinajstić information content (AvgIpc) is 1.88. The molecule has 17 heavy (non-hydrogen) atoms. The Labute approximate surface area is 110 Å². The summed E-state index contributed by atoms with van der Waals surface area (Å²) in [6.45, 7) is 0. The Balaban J connectivity index is -0.0000000182. The van der Waals surface area contributed by atoms with Crippen LogP contribution in [0.5, 0.6) is 0 Å². The van der Waals surface area contributed by atoms with Crippen molar-refractivity contribution in [1.29, 1.82) is 0 Å². The van der Waals surface area contributed by atoms with E-state index in [1.165, 1.54) is 0 Å². The van der Waals surface area contributed by atoms with Crippen LogP contribution in [0.25, 0.3) is 0 Å². The molecule has 106 valence electrons. The minimum Gasteiger partial charge on any atom is -0.543 e. The number of carboxylic acids is 4. The molecule has 0 amide bonds. The van der Waals surface area contributed by atoms with Crippen molar-refractivity contribution in [3.63, 3.8) is 0 Å². The van der Waals surface area contributed by atoms with Crippen molar-refractivity contribution in [2.24, 2.45) is 0 Å². The number of rotatable bonds is 0. The van der Waals surface area contributed by atoms with E-state index >= 15 is 0 Å². The third kappa shape index (κ3) is 54.0. The molecule has 0 aromatic rings. The molecule has 0 aliphatic carbocycles. The van der Waals surface area contributed by atoms with E-state index in [2.05, 4.69) is 0 Å². The number of hydrogen-bond donors (Lipinski definition) is 4. The van der Waals surface area contributed by atoms with Crippen LogP contribution in [0.1, 0.15) is 0 Å². The molecule has 0 saturated carbocycles. The first kappa shape index (κ1) is 45.2. The van der Waals surface area contributed by atoms with Crippen LogP contribution in [-0.2, 0) is 40.2 Å². The summed E-state index contributed by atoms with van der Waals surface area (Å²) in [5.41, 5.74) is 0. The standard InChI is InChI=1S/2C2H2O4.4H3N.Pt/c2*3-1(4)2(5)6;;;;;/h2*(H,3,4)(H,5,6);4*1H3;/q;;;;;;+4/p-4. The van der Waals surface area contributed by atoms with E-state index < -0.39 is 23.9 Å². The van der Waals surface area contributed by atoms with Gasteiger partial charge in [0.25, 0.3) is 0 Å². The molecule has 12 nitrogen and oxygen atoms in total. The van der Waals surface area contributed by atoms with Crippen LogP contribution in [0.2, 0.25) is 0 Å². The van der Waals surface area contributed by atoms with E-state index in [0.717, 1.165) is 0 Å². The molecular weight excluding hydrogens is 427 g/mol. The molecule has 0 heterocycles. The average molecular weight is 439 g/mol. The number of hydrogen-bond acceptors (Lipinski definition) is 12. The topological polar surface area (TPSA) is 301 Å². The minimum atomic E-state index is -2.19. The molecule has 0 saturated heterocycles. The third-order valence-corrected chi connectivity index (χ3v) is 0.333. The predicted octanol–water partition coefficient (Wildman–Crippen LogP) is -6.38. The molecule has 0 spiro atoms. The van der Waals surface area contributed by atoms with E-state index in [0.29, 0.717) is 0 Å². The summed E-state index contributed by atoms with van der Waals surface area (Å²) < 4.78 is 0. The van der Waals surface area contributed by atoms with Crippen molar-refractivity contribution in [3.05, 3.63) is 0 Å². The first-order chi connectivity index (χ1) is 5.29. The number of carboxylic acid groups (broad SMARTS) is 4. The fraction of sp³-hybridized carbons (Fsp3) is 0. The van der Waals surface area contributed by atoms with Crippen LogP contribution in [0.15, 0.2) is 0 Å². The number of carbonyl (C=O) groups is 4. The first-order valence-corrected chi connectivity index (χ1v) is 2.13. The summed E-state index contributed by atoms with van der Waals surface area (Å²) in [6, 6.07) is 0. The molecule has 0 aromatic heterocycles. The van der Waals surface area contributed by atoms with Crippen LogP contribution < -0.4 is 45.0 Å². The van der Waals surface area contributed by atoms with Gasteiger partial charge in [-0.15, -0.1) is 0 Å². The Morgan fingerprint density at radius 2 is 0.529 bits per heavy atom. The van der Waals surface area contributed by atoms with Crippen molar-refractivity contribution in [1.82, 2.24) is 24.6 Å². The monoisotopic (exact) mass is 439 g/mol. The molecule has 0 aliphatic rings. The summed E-state index contributed by atoms with van der Waals surface area (Å²) in [4.78, 5) is 35.7. The molecule has 0 fully saturated rings. The van der Waals surface area contributed by atoms with Gasteiger partial charge in [0, 0.05) is 0 Å². The SMILES string of the molecule is N.N.N.N.O=C([O-])C(=O)[O-].O=C([O-])C(=O)[O-].[Pt+4]. The van der Waals surface area contributed by atoms with Crippen LogP contribution in [0, 0.1) is 0 Å². The van der Waals surface area contributed by atoms with Gasteiger partial charge in [0.05, 0.1) is 23.9 Å². The van der Waals surface area contributed by atoms with E-state index in [4.69, 9.17) is 39.6 Å². The Morgan fingerprint density at radius 1 is 0.471 bits per heavy atom. The molecule has 0 aliphatic heterocycles. The maximum atomic E-state index is 8.93. The summed E-state index contributed by atoms with van der Waals surface area (Å²) in [5, 5.41) is 35.7.